The van der Waals surface area contributed by atoms with Crippen LogP contribution in [-0.2, 0) is 48.7 Å². The first-order valence-corrected chi connectivity index (χ1v) is 14.2. The molecule has 0 fully saturated rings. The van der Waals surface area contributed by atoms with Crippen molar-refractivity contribution >= 4 is 68.5 Å². The number of aryl methyl sites for hydroxylation is 1. The predicted octanol–water partition coefficient (Wildman–Crippen LogP) is 3.82. The summed E-state index contributed by atoms with van der Waals surface area (Å²) in [6, 6.07) is 9.22. The average Bonchev–Trinajstić information content (AvgIpc) is 3.25. The molecule has 0 saturated heterocycles. The van der Waals surface area contributed by atoms with Crippen molar-refractivity contribution in [2.45, 2.75) is 13.1 Å². The molecule has 0 atom stereocenters. The van der Waals surface area contributed by atoms with E-state index in [0.29, 0.717) is 16.4 Å². The number of nitrogens with zero attached hydrogens (tertiary/aromatic N) is 4. The molecule has 4 rings (SSSR count). The van der Waals surface area contributed by atoms with Crippen LogP contribution in [0.2, 0.25) is 5.02 Å². The van der Waals surface area contributed by atoms with Crippen LogP contribution in [0, 0.1) is 5.82 Å². The van der Waals surface area contributed by atoms with E-state index in [9.17, 15) is 19.2 Å². The van der Waals surface area contributed by atoms with Gasteiger partial charge in [0.05, 0.1) is 58.5 Å². The summed E-state index contributed by atoms with van der Waals surface area (Å²) < 4.78 is 30.4. The van der Waals surface area contributed by atoms with E-state index in [1.165, 1.54) is 43.3 Å². The van der Waals surface area contributed by atoms with Gasteiger partial charge in [-0.05, 0) is 30.3 Å². The molecule has 230 valence electrons. The Hall–Kier alpha value is -4.01. The number of amides is 1. The van der Waals surface area contributed by atoms with Gasteiger partial charge < -0.3 is 24.4 Å². The minimum Gasteiger partial charge on any atom is -0.468 e. The van der Waals surface area contributed by atoms with Crippen molar-refractivity contribution in [1.82, 2.24) is 14.7 Å². The number of alkyl halides is 1. The molecule has 1 aromatic heterocycles. The van der Waals surface area contributed by atoms with Crippen LogP contribution >= 0.6 is 27.5 Å². The van der Waals surface area contributed by atoms with E-state index in [4.69, 9.17) is 11.6 Å². The van der Waals surface area contributed by atoms with Crippen LogP contribution in [0.15, 0.2) is 42.6 Å². The maximum Gasteiger partial charge on any atom is 0.319 e. The lowest BCUT2D eigenvalue weighted by molar-refractivity contribution is -0.146. The molecule has 0 bridgehead atoms. The monoisotopic (exact) mass is 681 g/mol. The SMILES string of the molecule is COC(=O)CBr.COC(=O)CN(CC(=O)OC)Cc1ccc(C(=O)N2Cc3cnn(C)c3Nc3cc(Cl)ccc32)cc1F. The van der Waals surface area contributed by atoms with E-state index in [0.717, 1.165) is 17.4 Å². The number of halogens is 3. The zero-order chi connectivity index (χ0) is 31.7. The van der Waals surface area contributed by atoms with Crippen LogP contribution in [0.3, 0.4) is 0 Å². The van der Waals surface area contributed by atoms with Crippen LogP contribution in [0.25, 0.3) is 0 Å². The number of anilines is 3. The number of nitrogens with one attached hydrogen (secondary N) is 1. The van der Waals surface area contributed by atoms with Crippen molar-refractivity contribution < 1.29 is 37.8 Å². The summed E-state index contributed by atoms with van der Waals surface area (Å²) in [5, 5.41) is 8.31. The van der Waals surface area contributed by atoms with E-state index in [-0.39, 0.29) is 48.6 Å². The maximum atomic E-state index is 15.2. The fourth-order valence-electron chi connectivity index (χ4n) is 4.09. The molecule has 0 aliphatic carbocycles. The third kappa shape index (κ3) is 8.75. The largest absolute Gasteiger partial charge is 0.468 e. The molecular weight excluding hydrogens is 653 g/mol. The van der Waals surface area contributed by atoms with Crippen molar-refractivity contribution in [3.8, 4) is 0 Å². The van der Waals surface area contributed by atoms with Crippen LogP contribution in [0.4, 0.5) is 21.6 Å². The summed E-state index contributed by atoms with van der Waals surface area (Å²) in [6.07, 6.45) is 1.66. The molecule has 43 heavy (non-hydrogen) atoms. The number of fused-ring (bicyclic) bond motifs is 2. The van der Waals surface area contributed by atoms with E-state index < -0.39 is 23.7 Å². The number of aromatic nitrogens is 2. The van der Waals surface area contributed by atoms with Gasteiger partial charge in [-0.2, -0.15) is 5.10 Å². The second-order valence-electron chi connectivity index (χ2n) is 9.13. The molecule has 1 amide bonds. The lowest BCUT2D eigenvalue weighted by atomic mass is 10.1. The van der Waals surface area contributed by atoms with Gasteiger partial charge in [0.25, 0.3) is 5.91 Å². The molecule has 12 nitrogen and oxygen atoms in total. The van der Waals surface area contributed by atoms with Crippen molar-refractivity contribution in [2.75, 3.05) is 50.0 Å². The maximum absolute atomic E-state index is 15.2. The van der Waals surface area contributed by atoms with Gasteiger partial charge in [0.2, 0.25) is 0 Å². The Morgan fingerprint density at radius 1 is 1.02 bits per heavy atom. The third-order valence-corrected chi connectivity index (χ3v) is 6.98. The first kappa shape index (κ1) is 33.5. The Balaban J connectivity index is 0.000000765. The summed E-state index contributed by atoms with van der Waals surface area (Å²) in [5.74, 6) is -1.77. The van der Waals surface area contributed by atoms with Crippen molar-refractivity contribution in [2.24, 2.45) is 7.05 Å². The summed E-state index contributed by atoms with van der Waals surface area (Å²) in [5.41, 5.74) is 2.30. The molecule has 1 aliphatic rings. The van der Waals surface area contributed by atoms with Crippen LogP contribution in [0.1, 0.15) is 21.5 Å². The second-order valence-corrected chi connectivity index (χ2v) is 10.1. The minimum absolute atomic E-state index is 0.0709. The average molecular weight is 683 g/mol. The second kappa shape index (κ2) is 15.5. The van der Waals surface area contributed by atoms with E-state index in [1.807, 2.05) is 0 Å². The Labute approximate surface area is 260 Å². The standard InChI is InChI=1S/C25H25ClFN5O5.C3H5BrO2/c1-30-24-17(10-28-30)12-32(21-7-6-18(26)9-20(21)29-24)25(35)15-4-5-16(19(27)8-15)11-31(13-22(33)36-2)14-23(34)37-3;1-6-3(5)2-4/h4-10,29H,11-14H2,1-3H3;2H2,1H3. The Bertz CT molecular complexity index is 1480. The molecule has 15 heteroatoms. The van der Waals surface area contributed by atoms with Gasteiger partial charge in [0, 0.05) is 35.3 Å². The van der Waals surface area contributed by atoms with Crippen LogP contribution in [0.5, 0.6) is 0 Å². The molecule has 2 heterocycles. The van der Waals surface area contributed by atoms with E-state index in [1.54, 1.807) is 36.1 Å². The van der Waals surface area contributed by atoms with Crippen molar-refractivity contribution in [1.29, 1.82) is 0 Å². The number of benzene rings is 2. The van der Waals surface area contributed by atoms with Gasteiger partial charge in [-0.25, -0.2) is 4.39 Å². The number of ether oxygens (including phenoxy) is 3. The number of hydrogen-bond acceptors (Lipinski definition) is 10. The highest BCUT2D eigenvalue weighted by atomic mass is 79.9. The molecule has 1 aliphatic heterocycles. The predicted molar refractivity (Wildman–Crippen MR) is 160 cm³/mol. The molecule has 0 unspecified atom stereocenters. The highest BCUT2D eigenvalue weighted by Gasteiger charge is 2.28. The van der Waals surface area contributed by atoms with Gasteiger partial charge in [-0.1, -0.05) is 33.6 Å². The fourth-order valence-corrected chi connectivity index (χ4v) is 4.49. The summed E-state index contributed by atoms with van der Waals surface area (Å²) >= 11 is 9.10. The molecule has 0 saturated carbocycles. The first-order chi connectivity index (χ1) is 20.5. The van der Waals surface area contributed by atoms with Gasteiger partial charge in [0.1, 0.15) is 17.0 Å². The Kier molecular flexibility index (Phi) is 12.0. The number of esters is 3. The molecular formula is C28H30BrClFN5O7. The van der Waals surface area contributed by atoms with Gasteiger partial charge in [-0.3, -0.25) is 28.8 Å². The first-order valence-electron chi connectivity index (χ1n) is 12.7. The molecule has 0 spiro atoms. The van der Waals surface area contributed by atoms with Crippen molar-refractivity contribution in [3.63, 3.8) is 0 Å². The van der Waals surface area contributed by atoms with Crippen LogP contribution in [-0.4, -0.2) is 78.2 Å². The highest BCUT2D eigenvalue weighted by Crippen LogP contribution is 2.38. The third-order valence-electron chi connectivity index (χ3n) is 6.28. The zero-order valence-electron chi connectivity index (χ0n) is 23.9. The Morgan fingerprint density at radius 2 is 1.67 bits per heavy atom. The Morgan fingerprint density at radius 3 is 2.23 bits per heavy atom. The number of carbonyl (C=O) groups is 4. The molecule has 0 radical (unpaired) electrons. The summed E-state index contributed by atoms with van der Waals surface area (Å²) in [6.45, 7) is -0.337. The lowest BCUT2D eigenvalue weighted by Crippen LogP contribution is -2.35. The highest BCUT2D eigenvalue weighted by molar-refractivity contribution is 9.09. The number of rotatable bonds is 8. The van der Waals surface area contributed by atoms with Crippen molar-refractivity contribution in [3.05, 3.63) is 70.1 Å². The topological polar surface area (TPSA) is 132 Å². The minimum atomic E-state index is -0.656. The number of carbonyl (C=O) groups excluding carboxylic acids is 4. The molecule has 3 aromatic rings. The molecule has 2 aromatic carbocycles. The van der Waals surface area contributed by atoms with Gasteiger partial charge in [-0.15, -0.1) is 0 Å². The normalized spacial score (nSPS) is 11.7. The van der Waals surface area contributed by atoms with E-state index >= 15 is 4.39 Å². The summed E-state index contributed by atoms with van der Waals surface area (Å²) in [4.78, 5) is 49.9. The van der Waals surface area contributed by atoms with Crippen LogP contribution < -0.4 is 10.2 Å². The summed E-state index contributed by atoms with van der Waals surface area (Å²) in [7, 11) is 5.58. The molecule has 1 N–H and O–H groups in total. The zero-order valence-corrected chi connectivity index (χ0v) is 26.2. The lowest BCUT2D eigenvalue weighted by Gasteiger charge is -2.23. The van der Waals surface area contributed by atoms with Gasteiger partial charge in [0.15, 0.2) is 0 Å². The van der Waals surface area contributed by atoms with E-state index in [2.05, 4.69) is 40.6 Å². The smallest absolute Gasteiger partial charge is 0.319 e. The number of hydrogen-bond donors (Lipinski definition) is 1. The van der Waals surface area contributed by atoms with Gasteiger partial charge >= 0.3 is 17.9 Å². The fraction of sp³-hybridized carbons (Fsp3) is 0.321. The quantitative estimate of drug-likeness (QED) is 0.213. The number of methoxy groups -OCH3 is 3.